The Morgan fingerprint density at radius 1 is 0.900 bits per heavy atom. The van der Waals surface area contributed by atoms with Crippen LogP contribution in [0.25, 0.3) is 11.1 Å². The summed E-state index contributed by atoms with van der Waals surface area (Å²) in [5, 5.41) is 15.5. The Balaban J connectivity index is 1.24. The number of aliphatic hydroxyl groups excluding tert-OH is 1. The van der Waals surface area contributed by atoms with Crippen molar-refractivity contribution in [3.05, 3.63) is 108 Å². The van der Waals surface area contributed by atoms with Crippen molar-refractivity contribution in [2.75, 3.05) is 19.6 Å². The molecule has 1 saturated carbocycles. The predicted octanol–water partition coefficient (Wildman–Crippen LogP) is 7.38. The second-order valence-corrected chi connectivity index (χ2v) is 13.9. The summed E-state index contributed by atoms with van der Waals surface area (Å²) >= 11 is 0. The quantitative estimate of drug-likeness (QED) is 0.102. The average molecular weight is 682 g/mol. The molecular formula is C42H55N3O5. The molecule has 0 spiro atoms. The number of hydrogen-bond acceptors (Lipinski definition) is 6. The van der Waals surface area contributed by atoms with Crippen molar-refractivity contribution >= 4 is 11.8 Å². The first kappa shape index (κ1) is 37.4. The van der Waals surface area contributed by atoms with E-state index in [1.54, 1.807) is 0 Å². The first-order valence-corrected chi connectivity index (χ1v) is 18.4. The van der Waals surface area contributed by atoms with Crippen LogP contribution in [-0.2, 0) is 32.2 Å². The molecule has 1 heterocycles. The van der Waals surface area contributed by atoms with Crippen LogP contribution in [0.15, 0.2) is 85.5 Å². The molecule has 50 heavy (non-hydrogen) atoms. The third kappa shape index (κ3) is 10.6. The van der Waals surface area contributed by atoms with Crippen molar-refractivity contribution in [1.82, 2.24) is 15.5 Å². The predicted molar refractivity (Wildman–Crippen MR) is 198 cm³/mol. The zero-order chi connectivity index (χ0) is 35.3. The topological polar surface area (TPSA) is 100 Å². The minimum Gasteiger partial charge on any atom is -0.392 e. The zero-order valence-corrected chi connectivity index (χ0v) is 29.8. The second-order valence-electron chi connectivity index (χ2n) is 13.9. The van der Waals surface area contributed by atoms with Gasteiger partial charge in [-0.1, -0.05) is 99.0 Å². The minimum absolute atomic E-state index is 0.0144. The Morgan fingerprint density at radius 3 is 2.34 bits per heavy atom. The van der Waals surface area contributed by atoms with Gasteiger partial charge in [0.2, 0.25) is 11.8 Å². The fourth-order valence-electron chi connectivity index (χ4n) is 7.20. The van der Waals surface area contributed by atoms with Crippen molar-refractivity contribution in [3.8, 4) is 11.1 Å². The highest BCUT2D eigenvalue weighted by Gasteiger charge is 2.40. The molecule has 2 amide bonds. The van der Waals surface area contributed by atoms with Crippen LogP contribution in [0.4, 0.5) is 0 Å². The molecule has 3 aromatic carbocycles. The summed E-state index contributed by atoms with van der Waals surface area (Å²) in [6, 6.07) is 25.3. The summed E-state index contributed by atoms with van der Waals surface area (Å²) in [6.07, 6.45) is 9.35. The number of carbonyl (C=O) groups is 2. The monoisotopic (exact) mass is 681 g/mol. The van der Waals surface area contributed by atoms with Crippen LogP contribution >= 0.6 is 0 Å². The van der Waals surface area contributed by atoms with E-state index in [0.717, 1.165) is 65.7 Å². The number of nitrogens with zero attached hydrogens (tertiary/aromatic N) is 1. The molecule has 0 radical (unpaired) electrons. The van der Waals surface area contributed by atoms with Gasteiger partial charge in [0, 0.05) is 57.0 Å². The van der Waals surface area contributed by atoms with E-state index in [9.17, 15) is 14.7 Å². The molecule has 1 aliphatic carbocycles. The lowest BCUT2D eigenvalue weighted by Crippen LogP contribution is -2.47. The van der Waals surface area contributed by atoms with Gasteiger partial charge in [-0.15, -0.1) is 6.58 Å². The maximum absolute atomic E-state index is 12.4. The highest BCUT2D eigenvalue weighted by molar-refractivity contribution is 5.76. The Morgan fingerprint density at radius 2 is 1.64 bits per heavy atom. The number of nitrogens with one attached hydrogen (secondary N) is 2. The standard InChI is InChI=1S/C42H55N3O5/c1-4-25-45(38-13-7-8-14-38)28-39-30(2)41(35-18-16-32(29-46)17-19-35)50-42(49-39)36-22-20-34(21-23-36)37-12-10-11-33(26-37)27-44-40(48)15-6-5-9-24-43-31(3)47/h4,10-12,16-23,26,30,38-39,41-42,46H,1,5-9,13-15,24-25,27-29H2,2-3H3,(H,43,47)(H,44,48)/t30-,39+,41+,42+/m1/s1. The van der Waals surface area contributed by atoms with E-state index < -0.39 is 6.29 Å². The molecule has 0 bridgehead atoms. The molecule has 3 aromatic rings. The van der Waals surface area contributed by atoms with E-state index in [0.29, 0.717) is 25.6 Å². The summed E-state index contributed by atoms with van der Waals surface area (Å²) in [6.45, 7) is 10.6. The maximum Gasteiger partial charge on any atom is 0.220 e. The molecule has 8 nitrogen and oxygen atoms in total. The van der Waals surface area contributed by atoms with Gasteiger partial charge in [0.25, 0.3) is 0 Å². The fraction of sp³-hybridized carbons (Fsp3) is 0.476. The average Bonchev–Trinajstić information content (AvgIpc) is 3.68. The van der Waals surface area contributed by atoms with Crippen molar-refractivity contribution in [3.63, 3.8) is 0 Å². The van der Waals surface area contributed by atoms with Crippen molar-refractivity contribution in [1.29, 1.82) is 0 Å². The van der Waals surface area contributed by atoms with E-state index in [2.05, 4.69) is 77.6 Å². The van der Waals surface area contributed by atoms with Crippen molar-refractivity contribution in [2.24, 2.45) is 5.92 Å². The number of unbranched alkanes of at least 4 members (excludes halogenated alkanes) is 2. The van der Waals surface area contributed by atoms with Gasteiger partial charge in [0.1, 0.15) is 0 Å². The Kier molecular flexibility index (Phi) is 14.2. The lowest BCUT2D eigenvalue weighted by Gasteiger charge is -2.43. The molecule has 0 unspecified atom stereocenters. The Labute approximate surface area is 298 Å². The first-order chi connectivity index (χ1) is 24.3. The zero-order valence-electron chi connectivity index (χ0n) is 29.8. The molecule has 268 valence electrons. The molecular weight excluding hydrogens is 626 g/mol. The van der Waals surface area contributed by atoms with Gasteiger partial charge in [-0.3, -0.25) is 14.5 Å². The summed E-state index contributed by atoms with van der Waals surface area (Å²) in [5.41, 5.74) is 6.15. The smallest absolute Gasteiger partial charge is 0.220 e. The van der Waals surface area contributed by atoms with Gasteiger partial charge < -0.3 is 25.2 Å². The highest BCUT2D eigenvalue weighted by Crippen LogP contribution is 2.42. The molecule has 0 aromatic heterocycles. The molecule has 3 N–H and O–H groups in total. The van der Waals surface area contributed by atoms with Gasteiger partial charge in [-0.05, 0) is 59.6 Å². The summed E-state index contributed by atoms with van der Waals surface area (Å²) in [5.74, 6) is 0.142. The Bertz CT molecular complexity index is 1520. The van der Waals surface area contributed by atoms with E-state index in [4.69, 9.17) is 9.47 Å². The minimum atomic E-state index is -0.520. The number of carbonyl (C=O) groups excluding carboxylic acids is 2. The van der Waals surface area contributed by atoms with E-state index >= 15 is 0 Å². The number of ether oxygens (including phenoxy) is 2. The number of rotatable bonds is 17. The fourth-order valence-corrected chi connectivity index (χ4v) is 7.20. The molecule has 8 heteroatoms. The Hall–Kier alpha value is -3.82. The summed E-state index contributed by atoms with van der Waals surface area (Å²) in [4.78, 5) is 25.9. The van der Waals surface area contributed by atoms with Crippen LogP contribution < -0.4 is 10.6 Å². The number of hydrogen-bond donors (Lipinski definition) is 3. The maximum atomic E-state index is 12.4. The number of benzene rings is 3. The van der Waals surface area contributed by atoms with E-state index in [1.807, 2.05) is 30.3 Å². The van der Waals surface area contributed by atoms with Gasteiger partial charge in [0.05, 0.1) is 18.8 Å². The lowest BCUT2D eigenvalue weighted by molar-refractivity contribution is -0.276. The molecule has 2 fully saturated rings. The first-order valence-electron chi connectivity index (χ1n) is 18.4. The third-order valence-electron chi connectivity index (χ3n) is 10.1. The van der Waals surface area contributed by atoms with Gasteiger partial charge in [-0.25, -0.2) is 0 Å². The van der Waals surface area contributed by atoms with Crippen LogP contribution in [0.1, 0.15) is 99.9 Å². The van der Waals surface area contributed by atoms with Crippen LogP contribution in [0.3, 0.4) is 0 Å². The van der Waals surface area contributed by atoms with Crippen LogP contribution in [0.2, 0.25) is 0 Å². The number of amides is 2. The normalized spacial score (nSPS) is 20.9. The molecule has 1 aliphatic heterocycles. The molecule has 4 atom stereocenters. The van der Waals surface area contributed by atoms with E-state index in [-0.39, 0.29) is 36.5 Å². The summed E-state index contributed by atoms with van der Waals surface area (Å²) in [7, 11) is 0. The van der Waals surface area contributed by atoms with Gasteiger partial charge in [-0.2, -0.15) is 0 Å². The third-order valence-corrected chi connectivity index (χ3v) is 10.1. The molecule has 1 saturated heterocycles. The van der Waals surface area contributed by atoms with Crippen LogP contribution in [-0.4, -0.2) is 53.6 Å². The molecule has 5 rings (SSSR count). The van der Waals surface area contributed by atoms with Gasteiger partial charge >= 0.3 is 0 Å². The van der Waals surface area contributed by atoms with Gasteiger partial charge in [0.15, 0.2) is 6.29 Å². The summed E-state index contributed by atoms with van der Waals surface area (Å²) < 4.78 is 13.5. The van der Waals surface area contributed by atoms with Crippen molar-refractivity contribution < 1.29 is 24.2 Å². The van der Waals surface area contributed by atoms with Crippen LogP contribution in [0, 0.1) is 5.92 Å². The van der Waals surface area contributed by atoms with E-state index in [1.165, 1.54) is 32.6 Å². The molecule has 2 aliphatic rings. The van der Waals surface area contributed by atoms with Crippen LogP contribution in [0.5, 0.6) is 0 Å². The number of aliphatic hydroxyl groups is 1. The SMILES string of the molecule is C=CCN(C[C@@H]1O[C@H](c2ccc(-c3cccc(CNC(=O)CCCCCNC(C)=O)c3)cc2)O[C@H](c2ccc(CO)cc2)[C@@H]1C)C1CCCC1. The second kappa shape index (κ2) is 19.0. The highest BCUT2D eigenvalue weighted by atomic mass is 16.7. The largest absolute Gasteiger partial charge is 0.392 e. The lowest BCUT2D eigenvalue weighted by atomic mass is 9.89. The van der Waals surface area contributed by atoms with Crippen molar-refractivity contribution in [2.45, 2.75) is 103 Å².